The summed E-state index contributed by atoms with van der Waals surface area (Å²) in [7, 11) is 3.62. The van der Waals surface area contributed by atoms with Crippen LogP contribution in [-0.4, -0.2) is 147 Å². The highest BCUT2D eigenvalue weighted by Gasteiger charge is 2.25. The molecule has 0 saturated heterocycles. The minimum Gasteiger partial charge on any atom is -0.383 e. The van der Waals surface area contributed by atoms with Gasteiger partial charge in [0.25, 0.3) is 0 Å². The second-order valence-corrected chi connectivity index (χ2v) is 28.4. The lowest BCUT2D eigenvalue weighted by molar-refractivity contribution is -0.131. The highest BCUT2D eigenvalue weighted by Crippen LogP contribution is 2.33. The molecule has 0 bridgehead atoms. The summed E-state index contributed by atoms with van der Waals surface area (Å²) in [5, 5.41) is 38.2. The smallest absolute Gasteiger partial charge is 0.244 e. The van der Waals surface area contributed by atoms with E-state index in [1.54, 1.807) is 44.0 Å². The Kier molecular flexibility index (Phi) is 20.6. The van der Waals surface area contributed by atoms with Gasteiger partial charge in [-0.3, -0.25) is 28.3 Å². The Hall–Kier alpha value is -14.9. The minimum atomic E-state index is -0.129. The van der Waals surface area contributed by atoms with Gasteiger partial charge in [0, 0.05) is 184 Å². The summed E-state index contributed by atoms with van der Waals surface area (Å²) in [5.41, 5.74) is 31.7. The molecule has 32 nitrogen and oxygen atoms in total. The third kappa shape index (κ3) is 15.9. The molecular weight excluding hydrogens is 1440 g/mol. The van der Waals surface area contributed by atoms with E-state index in [2.05, 4.69) is 136 Å². The monoisotopic (exact) mass is 1520 g/mol. The number of amides is 2. The fourth-order valence-electron chi connectivity index (χ4n) is 13.7. The number of carbonyl (C=O) groups is 2. The summed E-state index contributed by atoms with van der Waals surface area (Å²) in [6.07, 6.45) is 39.9. The Morgan fingerprint density at radius 1 is 0.360 bits per heavy atom. The predicted molar refractivity (Wildman–Crippen MR) is 440 cm³/mol. The number of rotatable bonds is 12. The van der Waals surface area contributed by atoms with Gasteiger partial charge in [0.05, 0.1) is 59.5 Å². The summed E-state index contributed by atoms with van der Waals surface area (Å²) in [5.74, 6) is 19.5. The number of aryl methyl sites for hydroxylation is 4. The van der Waals surface area contributed by atoms with Gasteiger partial charge in [-0.15, -0.1) is 25.7 Å². The van der Waals surface area contributed by atoms with Crippen molar-refractivity contribution >= 4 is 125 Å². The van der Waals surface area contributed by atoms with E-state index in [0.29, 0.717) is 84.4 Å². The molecule has 0 fully saturated rings. The first-order valence-corrected chi connectivity index (χ1v) is 37.0. The molecule has 0 radical (unpaired) electrons. The molecule has 114 heavy (non-hydrogen) atoms. The van der Waals surface area contributed by atoms with Crippen LogP contribution >= 0.6 is 0 Å². The van der Waals surface area contributed by atoms with Crippen LogP contribution in [0.5, 0.6) is 0 Å². The number of hydrogen-bond acceptors (Lipinski definition) is 24. The Balaban J connectivity index is 0.000000120. The average Bonchev–Trinajstić information content (AvgIpc) is 0.980. The average molecular weight is 1520 g/mol. The number of likely N-dealkylation sites (N-methyl/N-ethyl adjacent to an activating group) is 2. The van der Waals surface area contributed by atoms with Crippen LogP contribution in [0.15, 0.2) is 122 Å². The van der Waals surface area contributed by atoms with Crippen LogP contribution in [0.1, 0.15) is 109 Å². The summed E-state index contributed by atoms with van der Waals surface area (Å²) in [6, 6.07) is 23.5. The quantitative estimate of drug-likeness (QED) is 0.0528. The molecule has 4 aliphatic rings. The Labute approximate surface area is 655 Å². The highest BCUT2D eigenvalue weighted by molar-refractivity contribution is 5.95. The third-order valence-corrected chi connectivity index (χ3v) is 20.5. The van der Waals surface area contributed by atoms with Gasteiger partial charge in [-0.05, 0) is 97.8 Å². The second-order valence-electron chi connectivity index (χ2n) is 28.4. The molecule has 572 valence electrons. The first-order valence-electron chi connectivity index (χ1n) is 37.0. The number of anilines is 12. The van der Waals surface area contributed by atoms with E-state index in [0.717, 1.165) is 151 Å². The van der Waals surface area contributed by atoms with Crippen molar-refractivity contribution in [1.82, 2.24) is 108 Å². The van der Waals surface area contributed by atoms with Gasteiger partial charge in [-0.1, -0.05) is 23.7 Å². The zero-order valence-corrected chi connectivity index (χ0v) is 63.6. The highest BCUT2D eigenvalue weighted by atomic mass is 16.2. The Bertz CT molecular complexity index is 5870. The molecule has 18 heterocycles. The number of aromatic nitrogens is 20. The van der Waals surface area contributed by atoms with Crippen LogP contribution in [-0.2, 0) is 74.5 Å². The summed E-state index contributed by atoms with van der Waals surface area (Å²) >= 11 is 0. The Morgan fingerprint density at radius 2 is 0.623 bits per heavy atom. The second kappa shape index (κ2) is 31.6. The standard InChI is InChI=1S/2C21H20N8.2C20H21N7O/c2*1-3-13(2)17-8-14-9-18(24-11-16(14)21(22)25-17)26-19-10-15-4-6-28-7-5-23-20(28)12-29(15)27-19;2*1-4-12(2)16-7-13-8-17(22-10-15(13)20(21)23-16)24-18-9-14-5-6-26(3)19(28)11-27(14)25-18/h2*1,5,7-11,13H,4,6,12H2,2H3,(H2,22,25)(H,24,26,27);2*1,7-10,12H,5-6,11H2,2-3H3,(H2,21,23)(H,22,24,25)/t2*13-;2*12-/m1010/s1. The number of hydrogen-bond donors (Lipinski definition) is 8. The van der Waals surface area contributed by atoms with Gasteiger partial charge in [0.15, 0.2) is 23.3 Å². The SMILES string of the molecule is C#C[C@@H](C)c1cc2cc(Nc3cc4n(n3)CC(=O)N(C)CC4)ncc2c(N)n1.C#C[C@@H](C)c1cc2cc(Nc3cc4n(n3)Cc3nccn3CC4)ncc2c(N)n1.C#C[C@H](C)c1cc2cc(Nc3cc4n(n3)CC(=O)N(C)CC4)ncc2c(N)n1.C#C[C@H](C)c1cc2cc(Nc3cc4n(n3)Cc3nccn3CC4)ncc2c(N)n1. The van der Waals surface area contributed by atoms with Crippen LogP contribution in [0.25, 0.3) is 43.1 Å². The van der Waals surface area contributed by atoms with Crippen molar-refractivity contribution in [3.8, 4) is 49.4 Å². The number of nitrogens with zero attached hydrogens (tertiary/aromatic N) is 22. The molecule has 12 N–H and O–H groups in total. The number of imidazole rings is 2. The normalized spacial score (nSPS) is 14.5. The van der Waals surface area contributed by atoms with Crippen LogP contribution in [0.2, 0.25) is 0 Å². The Morgan fingerprint density at radius 3 is 0.895 bits per heavy atom. The van der Waals surface area contributed by atoms with E-state index in [-0.39, 0.29) is 48.6 Å². The summed E-state index contributed by atoms with van der Waals surface area (Å²) < 4.78 is 11.8. The zero-order valence-electron chi connectivity index (χ0n) is 63.6. The molecular formula is C82H82N30O2. The van der Waals surface area contributed by atoms with E-state index in [1.165, 1.54) is 0 Å². The number of fused-ring (bicyclic) bond motifs is 10. The van der Waals surface area contributed by atoms with E-state index < -0.39 is 0 Å². The van der Waals surface area contributed by atoms with Crippen LogP contribution in [0, 0.1) is 49.4 Å². The number of nitrogen functional groups attached to an aromatic ring is 4. The van der Waals surface area contributed by atoms with E-state index in [1.807, 2.05) is 137 Å². The van der Waals surface area contributed by atoms with Gasteiger partial charge in [-0.2, -0.15) is 20.4 Å². The number of carbonyl (C=O) groups excluding carboxylic acids is 2. The lowest BCUT2D eigenvalue weighted by Crippen LogP contribution is -2.29. The van der Waals surface area contributed by atoms with Crippen molar-refractivity contribution in [2.75, 3.05) is 71.4 Å². The largest absolute Gasteiger partial charge is 0.383 e. The first-order chi connectivity index (χ1) is 55.1. The fourth-order valence-corrected chi connectivity index (χ4v) is 13.7. The van der Waals surface area contributed by atoms with E-state index >= 15 is 0 Å². The number of terminal acetylenes is 4. The molecule has 14 aromatic rings. The number of pyridine rings is 8. The number of nitrogens with two attached hydrogens (primary N) is 4. The van der Waals surface area contributed by atoms with Crippen molar-refractivity contribution in [2.45, 2.75) is 116 Å². The molecule has 0 aromatic carbocycles. The topological polar surface area (TPSA) is 403 Å². The van der Waals surface area contributed by atoms with E-state index in [4.69, 9.17) is 48.6 Å². The molecule has 0 spiro atoms. The van der Waals surface area contributed by atoms with Crippen LogP contribution in [0.4, 0.5) is 69.8 Å². The molecule has 0 aliphatic carbocycles. The van der Waals surface area contributed by atoms with Gasteiger partial charge >= 0.3 is 0 Å². The van der Waals surface area contributed by atoms with Gasteiger partial charge in [-0.25, -0.2) is 49.8 Å². The van der Waals surface area contributed by atoms with Crippen molar-refractivity contribution in [1.29, 1.82) is 0 Å². The molecule has 0 saturated carbocycles. The van der Waals surface area contributed by atoms with Gasteiger partial charge in [0.2, 0.25) is 11.8 Å². The van der Waals surface area contributed by atoms with Gasteiger partial charge in [0.1, 0.15) is 71.3 Å². The van der Waals surface area contributed by atoms with Crippen molar-refractivity contribution in [2.24, 2.45) is 0 Å². The minimum absolute atomic E-state index is 0.0513. The molecule has 18 rings (SSSR count). The maximum Gasteiger partial charge on any atom is 0.244 e. The maximum atomic E-state index is 12.0. The number of nitrogens with one attached hydrogen (secondary N) is 4. The maximum absolute atomic E-state index is 12.0. The lowest BCUT2D eigenvalue weighted by Gasteiger charge is -2.12. The van der Waals surface area contributed by atoms with Crippen molar-refractivity contribution in [3.05, 3.63) is 180 Å². The lowest BCUT2D eigenvalue weighted by atomic mass is 10.1. The molecule has 32 heteroatoms. The van der Waals surface area contributed by atoms with Crippen molar-refractivity contribution < 1.29 is 9.59 Å². The summed E-state index contributed by atoms with van der Waals surface area (Å²) in [4.78, 5) is 71.7. The molecule has 2 amide bonds. The van der Waals surface area contributed by atoms with E-state index in [9.17, 15) is 9.59 Å². The first kappa shape index (κ1) is 74.5. The zero-order chi connectivity index (χ0) is 79.6. The molecule has 4 atom stereocenters. The predicted octanol–water partition coefficient (Wildman–Crippen LogP) is 9.19. The summed E-state index contributed by atoms with van der Waals surface area (Å²) in [6.45, 7) is 12.6. The van der Waals surface area contributed by atoms with Crippen molar-refractivity contribution in [3.63, 3.8) is 0 Å². The molecule has 4 aliphatic heterocycles. The fraction of sp³-hybridized carbons (Fsp3) is 0.268. The molecule has 0 unspecified atom stereocenters. The molecule has 14 aromatic heterocycles. The van der Waals surface area contributed by atoms with Crippen LogP contribution < -0.4 is 44.2 Å². The van der Waals surface area contributed by atoms with Gasteiger partial charge < -0.3 is 63.1 Å². The third-order valence-electron chi connectivity index (χ3n) is 20.5. The van der Waals surface area contributed by atoms with Crippen LogP contribution in [0.3, 0.4) is 0 Å².